The zero-order chi connectivity index (χ0) is 28.2. The van der Waals surface area contributed by atoms with Crippen molar-refractivity contribution in [2.45, 2.75) is 57.3 Å². The number of pyridine rings is 1. The number of benzene rings is 2. The molecule has 0 spiro atoms. The highest BCUT2D eigenvalue weighted by Gasteiger charge is 2.50. The summed E-state index contributed by atoms with van der Waals surface area (Å²) in [7, 11) is 0. The molecule has 0 bridgehead atoms. The molecule has 39 heavy (non-hydrogen) atoms. The van der Waals surface area contributed by atoms with E-state index in [4.69, 9.17) is 0 Å². The largest absolute Gasteiger partial charge is 0.416 e. The number of carbonyl (C=O) groups is 2. The third kappa shape index (κ3) is 5.03. The number of aromatic nitrogens is 1. The Morgan fingerprint density at radius 3 is 2.49 bits per heavy atom. The topological polar surface area (TPSA) is 82.5 Å². The van der Waals surface area contributed by atoms with Crippen LogP contribution >= 0.6 is 0 Å². The summed E-state index contributed by atoms with van der Waals surface area (Å²) in [5.41, 5.74) is -1.30. The Hall–Kier alpha value is -3.37. The zero-order valence-electron chi connectivity index (χ0n) is 21.6. The lowest BCUT2D eigenvalue weighted by Crippen LogP contribution is -2.55. The molecule has 0 radical (unpaired) electrons. The lowest BCUT2D eigenvalue weighted by molar-refractivity contribution is -0.138. The fraction of sp³-hybridized carbons (Fsp3) is 0.414. The van der Waals surface area contributed by atoms with Gasteiger partial charge in [-0.15, -0.1) is 0 Å². The number of alkyl halides is 3. The van der Waals surface area contributed by atoms with Crippen LogP contribution in [0.4, 0.5) is 17.6 Å². The van der Waals surface area contributed by atoms with E-state index in [1.807, 2.05) is 18.7 Å². The molecule has 2 aliphatic rings. The van der Waals surface area contributed by atoms with Gasteiger partial charge in [-0.2, -0.15) is 13.2 Å². The third-order valence-corrected chi connectivity index (χ3v) is 8.12. The second-order valence-corrected chi connectivity index (χ2v) is 11.2. The molecule has 2 aliphatic heterocycles. The van der Waals surface area contributed by atoms with E-state index in [1.54, 1.807) is 18.2 Å². The minimum Gasteiger partial charge on any atom is -0.384 e. The minimum absolute atomic E-state index is 0.136. The van der Waals surface area contributed by atoms with Crippen molar-refractivity contribution in [3.8, 4) is 0 Å². The summed E-state index contributed by atoms with van der Waals surface area (Å²) in [5.74, 6) is -2.01. The van der Waals surface area contributed by atoms with Gasteiger partial charge in [0.1, 0.15) is 5.82 Å². The highest BCUT2D eigenvalue weighted by atomic mass is 19.4. The standard InChI is InChI=1S/C29H29F4N3O3/c1-27(2)16-36(15-17-3-5-19(6-4-17)29(31,32)33)12-11-28(27,39)22-8-9-23-21(25(22)30)13-18(14-34-23)20-7-10-24(37)35-26(20)38/h3-6,8-9,13-14,20,39H,7,10-12,15-16H2,1-2H3,(H,35,37,38)/t20?,28-/m0/s1. The quantitative estimate of drug-likeness (QED) is 0.356. The molecule has 2 aromatic carbocycles. The van der Waals surface area contributed by atoms with Crippen molar-refractivity contribution in [3.05, 3.63) is 76.7 Å². The summed E-state index contributed by atoms with van der Waals surface area (Å²) in [6.45, 7) is 4.88. The van der Waals surface area contributed by atoms with Crippen LogP contribution in [0.25, 0.3) is 10.9 Å². The molecule has 2 atom stereocenters. The fourth-order valence-electron chi connectivity index (χ4n) is 5.82. The number of piperidine rings is 2. The van der Waals surface area contributed by atoms with Crippen molar-refractivity contribution in [1.82, 2.24) is 15.2 Å². The molecule has 1 aromatic heterocycles. The van der Waals surface area contributed by atoms with Crippen LogP contribution in [0, 0.1) is 11.2 Å². The number of hydrogen-bond donors (Lipinski definition) is 2. The molecule has 2 amide bonds. The Balaban J connectivity index is 1.40. The van der Waals surface area contributed by atoms with E-state index in [-0.39, 0.29) is 29.7 Å². The van der Waals surface area contributed by atoms with Crippen LogP contribution in [0.5, 0.6) is 0 Å². The molecule has 1 unspecified atom stereocenters. The molecular weight excluding hydrogens is 514 g/mol. The van der Waals surface area contributed by atoms with Crippen molar-refractivity contribution < 1.29 is 32.3 Å². The van der Waals surface area contributed by atoms with Gasteiger partial charge >= 0.3 is 6.18 Å². The summed E-state index contributed by atoms with van der Waals surface area (Å²) in [4.78, 5) is 30.3. The molecule has 3 aromatic rings. The number of fused-ring (bicyclic) bond motifs is 1. The summed E-state index contributed by atoms with van der Waals surface area (Å²) in [6.07, 6.45) is -2.17. The number of halogens is 4. The molecule has 5 rings (SSSR count). The van der Waals surface area contributed by atoms with Gasteiger partial charge in [0.05, 0.1) is 22.6 Å². The number of nitrogens with zero attached hydrogens (tertiary/aromatic N) is 2. The van der Waals surface area contributed by atoms with E-state index in [1.165, 1.54) is 18.3 Å². The lowest BCUT2D eigenvalue weighted by atomic mass is 9.66. The van der Waals surface area contributed by atoms with Gasteiger partial charge in [-0.1, -0.05) is 32.0 Å². The van der Waals surface area contributed by atoms with Crippen molar-refractivity contribution in [2.24, 2.45) is 5.41 Å². The molecule has 2 N–H and O–H groups in total. The van der Waals surface area contributed by atoms with Crippen molar-refractivity contribution in [1.29, 1.82) is 0 Å². The number of aliphatic hydroxyl groups is 1. The molecular formula is C29H29F4N3O3. The van der Waals surface area contributed by atoms with E-state index in [9.17, 15) is 27.9 Å². The predicted octanol–water partition coefficient (Wildman–Crippen LogP) is 5.03. The van der Waals surface area contributed by atoms with E-state index < -0.39 is 40.4 Å². The van der Waals surface area contributed by atoms with Gasteiger partial charge in [-0.05, 0) is 48.2 Å². The van der Waals surface area contributed by atoms with Gasteiger partial charge < -0.3 is 5.11 Å². The molecule has 0 saturated carbocycles. The van der Waals surface area contributed by atoms with Gasteiger partial charge in [-0.25, -0.2) is 4.39 Å². The van der Waals surface area contributed by atoms with Crippen LogP contribution in [-0.4, -0.2) is 39.9 Å². The number of amides is 2. The van der Waals surface area contributed by atoms with E-state index in [0.717, 1.165) is 12.1 Å². The Morgan fingerprint density at radius 2 is 1.85 bits per heavy atom. The number of hydrogen-bond acceptors (Lipinski definition) is 5. The first kappa shape index (κ1) is 27.2. The van der Waals surface area contributed by atoms with Gasteiger partial charge in [0.15, 0.2) is 0 Å². The normalized spacial score (nSPS) is 24.1. The molecule has 6 nitrogen and oxygen atoms in total. The number of likely N-dealkylation sites (tertiary alicyclic amines) is 1. The summed E-state index contributed by atoms with van der Waals surface area (Å²) >= 11 is 0. The van der Waals surface area contributed by atoms with Gasteiger partial charge in [0.2, 0.25) is 11.8 Å². The highest BCUT2D eigenvalue weighted by molar-refractivity contribution is 6.01. The Labute approximate surface area is 223 Å². The van der Waals surface area contributed by atoms with Crippen LogP contribution in [0.15, 0.2) is 48.7 Å². The molecule has 2 saturated heterocycles. The SMILES string of the molecule is CC1(C)CN(Cc2ccc(C(F)(F)F)cc2)CC[C@]1(O)c1ccc2ncc(C3CCC(=O)NC3=O)cc2c1F. The number of carbonyl (C=O) groups excluding carboxylic acids is 2. The minimum atomic E-state index is -4.40. The number of rotatable bonds is 4. The maximum Gasteiger partial charge on any atom is 0.416 e. The highest BCUT2D eigenvalue weighted by Crippen LogP contribution is 2.48. The average molecular weight is 544 g/mol. The van der Waals surface area contributed by atoms with Gasteiger partial charge in [0, 0.05) is 48.6 Å². The van der Waals surface area contributed by atoms with E-state index in [0.29, 0.717) is 42.7 Å². The smallest absolute Gasteiger partial charge is 0.384 e. The first-order valence-electron chi connectivity index (χ1n) is 12.8. The van der Waals surface area contributed by atoms with Gasteiger partial charge in [0.25, 0.3) is 0 Å². The summed E-state index contributed by atoms with van der Waals surface area (Å²) in [5, 5.41) is 14.4. The maximum atomic E-state index is 16.1. The number of nitrogens with one attached hydrogen (secondary N) is 1. The Bertz CT molecular complexity index is 1440. The van der Waals surface area contributed by atoms with Crippen LogP contribution < -0.4 is 5.32 Å². The van der Waals surface area contributed by atoms with Gasteiger partial charge in [-0.3, -0.25) is 24.8 Å². The second kappa shape index (κ2) is 9.67. The lowest BCUT2D eigenvalue weighted by Gasteiger charge is -2.50. The van der Waals surface area contributed by atoms with Crippen LogP contribution in [-0.2, 0) is 27.9 Å². The number of imide groups is 1. The van der Waals surface area contributed by atoms with Crippen molar-refractivity contribution >= 4 is 22.7 Å². The molecule has 3 heterocycles. The third-order valence-electron chi connectivity index (χ3n) is 8.12. The monoisotopic (exact) mass is 543 g/mol. The first-order chi connectivity index (χ1) is 18.3. The van der Waals surface area contributed by atoms with Crippen molar-refractivity contribution in [3.63, 3.8) is 0 Å². The predicted molar refractivity (Wildman–Crippen MR) is 136 cm³/mol. The molecule has 206 valence electrons. The van der Waals surface area contributed by atoms with Crippen molar-refractivity contribution in [2.75, 3.05) is 13.1 Å². The average Bonchev–Trinajstić information content (AvgIpc) is 2.86. The van der Waals surface area contributed by atoms with E-state index in [2.05, 4.69) is 10.3 Å². The van der Waals surface area contributed by atoms with Crippen LogP contribution in [0.2, 0.25) is 0 Å². The summed E-state index contributed by atoms with van der Waals surface area (Å²) in [6, 6.07) is 9.77. The Morgan fingerprint density at radius 1 is 1.13 bits per heavy atom. The van der Waals surface area contributed by atoms with E-state index >= 15 is 4.39 Å². The molecule has 10 heteroatoms. The zero-order valence-corrected chi connectivity index (χ0v) is 21.6. The first-order valence-corrected chi connectivity index (χ1v) is 12.8. The molecule has 2 fully saturated rings. The molecule has 0 aliphatic carbocycles. The van der Waals surface area contributed by atoms with Crippen LogP contribution in [0.1, 0.15) is 61.3 Å². The fourth-order valence-corrected chi connectivity index (χ4v) is 5.82. The van der Waals surface area contributed by atoms with Crippen LogP contribution in [0.3, 0.4) is 0 Å². The maximum absolute atomic E-state index is 16.1. The Kier molecular flexibility index (Phi) is 6.75. The second-order valence-electron chi connectivity index (χ2n) is 11.2. The summed E-state index contributed by atoms with van der Waals surface area (Å²) < 4.78 is 54.8.